The highest BCUT2D eigenvalue weighted by atomic mass is 16.2. The summed E-state index contributed by atoms with van der Waals surface area (Å²) in [5.41, 5.74) is -3.07. The Hall–Kier alpha value is -2.44. The zero-order chi connectivity index (χ0) is 17.1. The van der Waals surface area contributed by atoms with Gasteiger partial charge in [0.1, 0.15) is 0 Å². The average molecular weight is 307 g/mol. The monoisotopic (exact) mass is 307 g/mol. The van der Waals surface area contributed by atoms with Gasteiger partial charge >= 0.3 is 17.1 Å². The third kappa shape index (κ3) is 3.41. The molecule has 7 heteroatoms. The molecule has 0 aromatic carbocycles. The summed E-state index contributed by atoms with van der Waals surface area (Å²) < 4.78 is 2.52. The number of nitrogens with zero attached hydrogens (tertiary/aromatic N) is 3. The summed E-state index contributed by atoms with van der Waals surface area (Å²) in [6.07, 6.45) is 2.75. The minimum absolute atomic E-state index is 0.0429. The Morgan fingerprint density at radius 3 is 1.59 bits per heavy atom. The molecule has 1 aromatic rings. The molecule has 0 saturated heterocycles. The first-order chi connectivity index (χ1) is 10.1. The van der Waals surface area contributed by atoms with Crippen LogP contribution in [-0.2, 0) is 24.4 Å². The quantitative estimate of drug-likeness (QED) is 0.701. The Kier molecular flexibility index (Phi) is 5.24. The van der Waals surface area contributed by atoms with Crippen molar-refractivity contribution in [1.29, 1.82) is 0 Å². The topological polar surface area (TPSA) is 83.1 Å². The van der Waals surface area contributed by atoms with E-state index >= 15 is 0 Å². The summed E-state index contributed by atoms with van der Waals surface area (Å²) >= 11 is 0. The lowest BCUT2D eigenvalue weighted by molar-refractivity contribution is -0.127. The van der Waals surface area contributed by atoms with Crippen molar-refractivity contribution in [3.05, 3.63) is 56.8 Å². The van der Waals surface area contributed by atoms with Crippen LogP contribution in [-0.4, -0.2) is 19.5 Å². The van der Waals surface area contributed by atoms with Crippen LogP contribution in [0.4, 0.5) is 0 Å². The average Bonchev–Trinajstić information content (AvgIpc) is 2.43. The van der Waals surface area contributed by atoms with Gasteiger partial charge in [-0.3, -0.25) is 4.79 Å². The first-order valence-electron chi connectivity index (χ1n) is 6.84. The molecular formula is C15H21N3O4. The maximum Gasteiger partial charge on any atom is 0.337 e. The molecule has 0 bridgehead atoms. The zero-order valence-electron chi connectivity index (χ0n) is 13.2. The molecule has 1 rings (SSSR count). The van der Waals surface area contributed by atoms with Crippen LogP contribution in [0.2, 0.25) is 0 Å². The Balaban J connectivity index is 3.63. The SMILES string of the molecule is C=CCn1c(=O)n(CC=C)c(=O)n(CC(=O)C(C)(C)C)c1=O. The van der Waals surface area contributed by atoms with Gasteiger partial charge in [-0.05, 0) is 0 Å². The highest BCUT2D eigenvalue weighted by Gasteiger charge is 2.24. The molecule has 7 nitrogen and oxygen atoms in total. The number of hydrogen-bond acceptors (Lipinski definition) is 4. The van der Waals surface area contributed by atoms with Gasteiger partial charge in [0, 0.05) is 5.41 Å². The Labute approximate surface area is 127 Å². The standard InChI is InChI=1S/C15H21N3O4/c1-6-8-16-12(20)17(9-7-2)14(22)18(13(16)21)10-11(19)15(3,4)5/h6-7H,1-2,8-10H2,3-5H3. The molecule has 0 saturated carbocycles. The Morgan fingerprint density at radius 1 is 0.909 bits per heavy atom. The molecular weight excluding hydrogens is 286 g/mol. The lowest BCUT2D eigenvalue weighted by Crippen LogP contribution is -2.55. The molecule has 22 heavy (non-hydrogen) atoms. The minimum Gasteiger partial charge on any atom is -0.297 e. The van der Waals surface area contributed by atoms with E-state index < -0.39 is 22.5 Å². The summed E-state index contributed by atoms with van der Waals surface area (Å²) in [4.78, 5) is 48.9. The molecule has 0 spiro atoms. The minimum atomic E-state index is -0.812. The summed E-state index contributed by atoms with van der Waals surface area (Å²) in [5, 5.41) is 0. The van der Waals surface area contributed by atoms with Gasteiger partial charge in [-0.2, -0.15) is 0 Å². The van der Waals surface area contributed by atoms with Crippen LogP contribution in [0.25, 0.3) is 0 Å². The van der Waals surface area contributed by atoms with E-state index in [1.807, 2.05) is 0 Å². The van der Waals surface area contributed by atoms with Crippen LogP contribution in [0.15, 0.2) is 39.7 Å². The van der Waals surface area contributed by atoms with Crippen LogP contribution in [0.5, 0.6) is 0 Å². The lowest BCUT2D eigenvalue weighted by Gasteiger charge is -2.18. The van der Waals surface area contributed by atoms with Crippen molar-refractivity contribution in [3.8, 4) is 0 Å². The van der Waals surface area contributed by atoms with Crippen LogP contribution in [0, 0.1) is 5.41 Å². The summed E-state index contributed by atoms with van der Waals surface area (Å²) in [6.45, 7) is 11.6. The van der Waals surface area contributed by atoms with Crippen molar-refractivity contribution in [2.75, 3.05) is 0 Å². The number of Topliss-reactive ketones (excluding diaryl/α,β-unsaturated/α-hetero) is 1. The van der Waals surface area contributed by atoms with Crippen LogP contribution >= 0.6 is 0 Å². The molecule has 0 fully saturated rings. The lowest BCUT2D eigenvalue weighted by atomic mass is 9.91. The summed E-state index contributed by atoms with van der Waals surface area (Å²) in [7, 11) is 0. The van der Waals surface area contributed by atoms with E-state index in [1.165, 1.54) is 12.2 Å². The van der Waals surface area contributed by atoms with Gasteiger partial charge in [0.2, 0.25) is 0 Å². The fraction of sp³-hybridized carbons (Fsp3) is 0.467. The maximum atomic E-state index is 12.3. The van der Waals surface area contributed by atoms with Gasteiger partial charge < -0.3 is 0 Å². The zero-order valence-corrected chi connectivity index (χ0v) is 13.2. The van der Waals surface area contributed by atoms with Crippen molar-refractivity contribution in [3.63, 3.8) is 0 Å². The van der Waals surface area contributed by atoms with E-state index in [-0.39, 0.29) is 25.4 Å². The maximum absolute atomic E-state index is 12.3. The fourth-order valence-electron chi connectivity index (χ4n) is 1.77. The van der Waals surface area contributed by atoms with Crippen molar-refractivity contribution < 1.29 is 4.79 Å². The molecule has 0 amide bonds. The number of ketones is 1. The van der Waals surface area contributed by atoms with Crippen LogP contribution in [0.1, 0.15) is 20.8 Å². The largest absolute Gasteiger partial charge is 0.337 e. The smallest absolute Gasteiger partial charge is 0.297 e. The molecule has 0 aliphatic carbocycles. The fourth-order valence-corrected chi connectivity index (χ4v) is 1.77. The van der Waals surface area contributed by atoms with Gasteiger partial charge in [-0.25, -0.2) is 28.1 Å². The van der Waals surface area contributed by atoms with Gasteiger partial charge in [0.15, 0.2) is 5.78 Å². The van der Waals surface area contributed by atoms with Gasteiger partial charge in [-0.1, -0.05) is 32.9 Å². The summed E-state index contributed by atoms with van der Waals surface area (Å²) in [6, 6.07) is 0. The number of aromatic nitrogens is 3. The summed E-state index contributed by atoms with van der Waals surface area (Å²) in [5.74, 6) is -0.277. The van der Waals surface area contributed by atoms with E-state index in [1.54, 1.807) is 20.8 Å². The third-order valence-corrected chi connectivity index (χ3v) is 3.15. The second-order valence-electron chi connectivity index (χ2n) is 5.91. The highest BCUT2D eigenvalue weighted by Crippen LogP contribution is 2.14. The highest BCUT2D eigenvalue weighted by molar-refractivity contribution is 5.83. The van der Waals surface area contributed by atoms with Crippen LogP contribution < -0.4 is 17.1 Å². The first-order valence-corrected chi connectivity index (χ1v) is 6.84. The Morgan fingerprint density at radius 2 is 1.27 bits per heavy atom. The molecule has 1 heterocycles. The van der Waals surface area contributed by atoms with Crippen molar-refractivity contribution >= 4 is 5.78 Å². The molecule has 0 N–H and O–H groups in total. The van der Waals surface area contributed by atoms with Gasteiger partial charge in [0.05, 0.1) is 19.6 Å². The molecule has 0 radical (unpaired) electrons. The second kappa shape index (κ2) is 6.55. The van der Waals surface area contributed by atoms with Gasteiger partial charge in [0.25, 0.3) is 0 Å². The number of carbonyl (C=O) groups is 1. The van der Waals surface area contributed by atoms with Crippen LogP contribution in [0.3, 0.4) is 0 Å². The molecule has 0 atom stereocenters. The molecule has 1 aromatic heterocycles. The van der Waals surface area contributed by atoms with E-state index in [0.717, 1.165) is 13.7 Å². The number of allylic oxidation sites excluding steroid dienone is 2. The number of hydrogen-bond donors (Lipinski definition) is 0. The van der Waals surface area contributed by atoms with Gasteiger partial charge in [-0.15, -0.1) is 13.2 Å². The van der Waals surface area contributed by atoms with E-state index in [4.69, 9.17) is 0 Å². The predicted octanol–water partition coefficient (Wildman–Crippen LogP) is 0.159. The molecule has 120 valence electrons. The van der Waals surface area contributed by atoms with Crippen molar-refractivity contribution in [2.24, 2.45) is 5.41 Å². The van der Waals surface area contributed by atoms with Crippen molar-refractivity contribution in [1.82, 2.24) is 13.7 Å². The first kappa shape index (κ1) is 17.6. The number of rotatable bonds is 6. The normalized spacial score (nSPS) is 11.2. The van der Waals surface area contributed by atoms with E-state index in [2.05, 4.69) is 13.2 Å². The molecule has 0 aliphatic rings. The Bertz CT molecular complexity index is 724. The predicted molar refractivity (Wildman–Crippen MR) is 84.1 cm³/mol. The second-order valence-corrected chi connectivity index (χ2v) is 5.91. The molecule has 0 aliphatic heterocycles. The van der Waals surface area contributed by atoms with E-state index in [0.29, 0.717) is 0 Å². The number of carbonyl (C=O) groups excluding carboxylic acids is 1. The third-order valence-electron chi connectivity index (χ3n) is 3.15. The molecule has 0 unspecified atom stereocenters. The van der Waals surface area contributed by atoms with E-state index in [9.17, 15) is 19.2 Å². The van der Waals surface area contributed by atoms with Crippen molar-refractivity contribution in [2.45, 2.75) is 40.4 Å².